The fourth-order valence-corrected chi connectivity index (χ4v) is 2.02. The molecule has 2 nitrogen and oxygen atoms in total. The van der Waals surface area contributed by atoms with Crippen molar-refractivity contribution in [1.29, 1.82) is 0 Å². The number of fused-ring (bicyclic) bond motifs is 2. The summed E-state index contributed by atoms with van der Waals surface area (Å²) in [5, 5.41) is 0. The van der Waals surface area contributed by atoms with Crippen molar-refractivity contribution in [2.45, 2.75) is 36.8 Å². The average Bonchev–Trinajstić information content (AvgIpc) is 2.42. The fraction of sp³-hybridized carbons (Fsp3) is 1.00. The lowest BCUT2D eigenvalue weighted by atomic mass is 10.0. The Hall–Kier alpha value is -0.220. The maximum atomic E-state index is 12.4. The Morgan fingerprint density at radius 3 is 2.27 bits per heavy atom. The van der Waals surface area contributed by atoms with Crippen LogP contribution in [0.3, 0.4) is 0 Å². The molecule has 1 aliphatic heterocycles. The summed E-state index contributed by atoms with van der Waals surface area (Å²) in [5.74, 6) is 0. The number of nitrogens with two attached hydrogens (primary N) is 1. The molecule has 1 saturated heterocycles. The van der Waals surface area contributed by atoms with Crippen LogP contribution in [0.5, 0.6) is 0 Å². The average molecular weight is 163 g/mol. The van der Waals surface area contributed by atoms with Crippen LogP contribution in [0.2, 0.25) is 0 Å². The Balaban J connectivity index is 2.20. The first-order valence-electron chi connectivity index (χ1n) is 3.77. The minimum absolute atomic E-state index is 0.303. The predicted molar refractivity (Wildman–Crippen MR) is 35.5 cm³/mol. The number of hydrogen-bond donors (Lipinski definition) is 1. The van der Waals surface area contributed by atoms with Gasteiger partial charge in [0, 0.05) is 12.0 Å². The zero-order chi connectivity index (χ0) is 8.11. The van der Waals surface area contributed by atoms with E-state index in [0.717, 1.165) is 0 Å². The molecule has 0 aromatic rings. The van der Waals surface area contributed by atoms with Gasteiger partial charge >= 0.3 is 0 Å². The summed E-state index contributed by atoms with van der Waals surface area (Å²) >= 11 is 0. The normalized spacial score (nSPS) is 49.1. The molecular formula is C7H11F2NO. The monoisotopic (exact) mass is 163 g/mol. The standard InChI is InChI=1S/C7H11F2NO/c8-5(9)7-2-1-6(10,3-7)4-11-7/h5H,1-4,10H2. The summed E-state index contributed by atoms with van der Waals surface area (Å²) in [6, 6.07) is 0. The van der Waals surface area contributed by atoms with Gasteiger partial charge in [-0.3, -0.25) is 0 Å². The van der Waals surface area contributed by atoms with Crippen LogP contribution in [0.15, 0.2) is 0 Å². The SMILES string of the molecule is NC12CCC(C(F)F)(C1)OC2. The third-order valence-electron chi connectivity index (χ3n) is 2.74. The van der Waals surface area contributed by atoms with Gasteiger partial charge in [-0.05, 0) is 12.8 Å². The minimum atomic E-state index is -2.38. The highest BCUT2D eigenvalue weighted by atomic mass is 19.3. The lowest BCUT2D eigenvalue weighted by Gasteiger charge is -2.25. The van der Waals surface area contributed by atoms with Crippen molar-refractivity contribution in [3.05, 3.63) is 0 Å². The largest absolute Gasteiger partial charge is 0.367 e. The number of ether oxygens (including phenoxy) is 1. The second-order valence-electron chi connectivity index (χ2n) is 3.69. The highest BCUT2D eigenvalue weighted by molar-refractivity contribution is 5.09. The summed E-state index contributed by atoms with van der Waals surface area (Å²) in [6.07, 6.45) is -0.952. The van der Waals surface area contributed by atoms with Crippen LogP contribution in [0.25, 0.3) is 0 Å². The lowest BCUT2D eigenvalue weighted by molar-refractivity contribution is -0.118. The van der Waals surface area contributed by atoms with Crippen molar-refractivity contribution >= 4 is 0 Å². The molecule has 2 fully saturated rings. The zero-order valence-electron chi connectivity index (χ0n) is 6.15. The van der Waals surface area contributed by atoms with E-state index in [1.807, 2.05) is 0 Å². The van der Waals surface area contributed by atoms with Gasteiger partial charge < -0.3 is 10.5 Å². The molecule has 11 heavy (non-hydrogen) atoms. The molecule has 0 aromatic carbocycles. The lowest BCUT2D eigenvalue weighted by Crippen LogP contribution is -2.38. The van der Waals surface area contributed by atoms with E-state index in [2.05, 4.69) is 0 Å². The molecule has 2 aliphatic rings. The fourth-order valence-electron chi connectivity index (χ4n) is 2.02. The quantitative estimate of drug-likeness (QED) is 0.623. The van der Waals surface area contributed by atoms with E-state index in [1.165, 1.54) is 0 Å². The molecule has 1 aliphatic carbocycles. The number of rotatable bonds is 1. The molecule has 2 rings (SSSR count). The van der Waals surface area contributed by atoms with E-state index in [4.69, 9.17) is 10.5 Å². The molecule has 0 aromatic heterocycles. The highest BCUT2D eigenvalue weighted by Crippen LogP contribution is 2.48. The Bertz CT molecular complexity index is 175. The molecule has 2 N–H and O–H groups in total. The Labute approximate surface area is 63.7 Å². The van der Waals surface area contributed by atoms with E-state index in [9.17, 15) is 8.78 Å². The molecule has 2 unspecified atom stereocenters. The Kier molecular flexibility index (Phi) is 1.30. The highest BCUT2D eigenvalue weighted by Gasteiger charge is 2.58. The van der Waals surface area contributed by atoms with Crippen molar-refractivity contribution in [2.75, 3.05) is 6.61 Å². The van der Waals surface area contributed by atoms with Gasteiger partial charge in [-0.25, -0.2) is 8.78 Å². The van der Waals surface area contributed by atoms with Gasteiger partial charge in [0.1, 0.15) is 5.60 Å². The molecule has 0 radical (unpaired) electrons. The first-order valence-corrected chi connectivity index (χ1v) is 3.77. The molecule has 0 amide bonds. The predicted octanol–water partition coefficient (Wildman–Crippen LogP) is 0.902. The van der Waals surface area contributed by atoms with Crippen molar-refractivity contribution < 1.29 is 13.5 Å². The first kappa shape index (κ1) is 7.43. The number of alkyl halides is 2. The topological polar surface area (TPSA) is 35.2 Å². The summed E-state index contributed by atoms with van der Waals surface area (Å²) in [5.41, 5.74) is 4.13. The molecule has 2 atom stereocenters. The first-order chi connectivity index (χ1) is 5.06. The van der Waals surface area contributed by atoms with Crippen molar-refractivity contribution in [3.8, 4) is 0 Å². The van der Waals surface area contributed by atoms with Gasteiger partial charge in [0.2, 0.25) is 0 Å². The number of hydrogen-bond acceptors (Lipinski definition) is 2. The van der Waals surface area contributed by atoms with Gasteiger partial charge in [0.05, 0.1) is 6.61 Å². The molecule has 0 spiro atoms. The molecular weight excluding hydrogens is 152 g/mol. The van der Waals surface area contributed by atoms with E-state index in [1.54, 1.807) is 0 Å². The van der Waals surface area contributed by atoms with Crippen LogP contribution in [0.1, 0.15) is 19.3 Å². The molecule has 1 saturated carbocycles. The number of halogens is 2. The third kappa shape index (κ3) is 0.891. The maximum absolute atomic E-state index is 12.4. The minimum Gasteiger partial charge on any atom is -0.367 e. The molecule has 2 bridgehead atoms. The summed E-state index contributed by atoms with van der Waals surface area (Å²) < 4.78 is 29.9. The summed E-state index contributed by atoms with van der Waals surface area (Å²) in [7, 11) is 0. The van der Waals surface area contributed by atoms with E-state index < -0.39 is 17.6 Å². The van der Waals surface area contributed by atoms with Crippen molar-refractivity contribution in [3.63, 3.8) is 0 Å². The summed E-state index contributed by atoms with van der Waals surface area (Å²) in [6.45, 7) is 0.303. The van der Waals surface area contributed by atoms with E-state index >= 15 is 0 Å². The van der Waals surface area contributed by atoms with Gasteiger partial charge in [0.15, 0.2) is 0 Å². The van der Waals surface area contributed by atoms with Gasteiger partial charge in [-0.1, -0.05) is 0 Å². The third-order valence-corrected chi connectivity index (χ3v) is 2.74. The maximum Gasteiger partial charge on any atom is 0.267 e. The molecule has 4 heteroatoms. The Morgan fingerprint density at radius 1 is 1.36 bits per heavy atom. The van der Waals surface area contributed by atoms with Crippen LogP contribution >= 0.6 is 0 Å². The van der Waals surface area contributed by atoms with Crippen LogP contribution in [-0.4, -0.2) is 24.2 Å². The summed E-state index contributed by atoms with van der Waals surface area (Å²) in [4.78, 5) is 0. The Morgan fingerprint density at radius 2 is 2.09 bits per heavy atom. The van der Waals surface area contributed by atoms with Crippen LogP contribution in [0.4, 0.5) is 8.78 Å². The van der Waals surface area contributed by atoms with Crippen LogP contribution in [0, 0.1) is 0 Å². The second kappa shape index (κ2) is 1.93. The van der Waals surface area contributed by atoms with Gasteiger partial charge in [-0.15, -0.1) is 0 Å². The van der Waals surface area contributed by atoms with E-state index in [-0.39, 0.29) is 0 Å². The molecule has 1 heterocycles. The van der Waals surface area contributed by atoms with Crippen LogP contribution < -0.4 is 5.73 Å². The van der Waals surface area contributed by atoms with Gasteiger partial charge in [-0.2, -0.15) is 0 Å². The van der Waals surface area contributed by atoms with Crippen molar-refractivity contribution in [1.82, 2.24) is 0 Å². The van der Waals surface area contributed by atoms with E-state index in [0.29, 0.717) is 25.9 Å². The zero-order valence-corrected chi connectivity index (χ0v) is 6.15. The van der Waals surface area contributed by atoms with Crippen LogP contribution in [-0.2, 0) is 4.74 Å². The second-order valence-corrected chi connectivity index (χ2v) is 3.69. The smallest absolute Gasteiger partial charge is 0.267 e. The molecule has 64 valence electrons. The van der Waals surface area contributed by atoms with Gasteiger partial charge in [0.25, 0.3) is 6.43 Å². The van der Waals surface area contributed by atoms with Crippen molar-refractivity contribution in [2.24, 2.45) is 5.73 Å².